The predicted octanol–water partition coefficient (Wildman–Crippen LogP) is 3.81. The van der Waals surface area contributed by atoms with Gasteiger partial charge in [0.15, 0.2) is 5.11 Å². The monoisotopic (exact) mass is 282 g/mol. The summed E-state index contributed by atoms with van der Waals surface area (Å²) in [5.41, 5.74) is 2.28. The lowest BCUT2D eigenvalue weighted by Gasteiger charge is -2.18. The number of thiocarbonyl (C=S) groups is 1. The average Bonchev–Trinajstić information content (AvgIpc) is 2.26. The van der Waals surface area contributed by atoms with E-state index in [9.17, 15) is 0 Å². The third kappa shape index (κ3) is 6.87. The number of hydrogen-bond acceptors (Lipinski definition) is 2. The fourth-order valence-corrected chi connectivity index (χ4v) is 2.37. The largest absolute Gasteiger partial charge is 0.362 e. The number of aryl methyl sites for hydroxylation is 1. The van der Waals surface area contributed by atoms with Crippen molar-refractivity contribution in [3.63, 3.8) is 0 Å². The van der Waals surface area contributed by atoms with Crippen LogP contribution in [-0.2, 0) is 0 Å². The van der Waals surface area contributed by atoms with Gasteiger partial charge in [0.1, 0.15) is 0 Å². The quantitative estimate of drug-likeness (QED) is 0.648. The van der Waals surface area contributed by atoms with Crippen molar-refractivity contribution in [1.82, 2.24) is 5.32 Å². The first-order valence-electron chi connectivity index (χ1n) is 6.12. The van der Waals surface area contributed by atoms with E-state index in [4.69, 9.17) is 12.2 Å². The van der Waals surface area contributed by atoms with Gasteiger partial charge in [-0.2, -0.15) is 11.8 Å². The number of hydrogen-bond donors (Lipinski definition) is 2. The topological polar surface area (TPSA) is 24.1 Å². The highest BCUT2D eigenvalue weighted by molar-refractivity contribution is 8.00. The van der Waals surface area contributed by atoms with Gasteiger partial charge in [-0.1, -0.05) is 38.5 Å². The second-order valence-electron chi connectivity index (χ2n) is 5.21. The molecule has 0 heterocycles. The van der Waals surface area contributed by atoms with Crippen molar-refractivity contribution in [3.05, 3.63) is 29.8 Å². The standard InChI is InChI=1S/C14H22N2S2/c1-11-5-7-12(8-6-11)16-13(17)15-9-10-18-14(2,3)4/h5-8H,9-10H2,1-4H3,(H2,15,16,17). The zero-order valence-corrected chi connectivity index (χ0v) is 13.2. The second kappa shape index (κ2) is 7.00. The third-order valence-electron chi connectivity index (χ3n) is 2.23. The van der Waals surface area contributed by atoms with Crippen LogP contribution in [0, 0.1) is 6.92 Å². The Labute approximate surface area is 120 Å². The lowest BCUT2D eigenvalue weighted by molar-refractivity contribution is 0.800. The molecular formula is C14H22N2S2. The van der Waals surface area contributed by atoms with Crippen LogP contribution in [0.3, 0.4) is 0 Å². The van der Waals surface area contributed by atoms with Crippen LogP contribution in [0.5, 0.6) is 0 Å². The zero-order chi connectivity index (χ0) is 13.6. The van der Waals surface area contributed by atoms with Crippen LogP contribution in [0.4, 0.5) is 5.69 Å². The fourth-order valence-electron chi connectivity index (χ4n) is 1.33. The molecule has 2 N–H and O–H groups in total. The van der Waals surface area contributed by atoms with Gasteiger partial charge in [0, 0.05) is 22.7 Å². The maximum absolute atomic E-state index is 5.24. The SMILES string of the molecule is Cc1ccc(NC(=S)NCCSC(C)(C)C)cc1. The van der Waals surface area contributed by atoms with Crippen LogP contribution in [0.25, 0.3) is 0 Å². The number of benzene rings is 1. The molecule has 4 heteroatoms. The minimum absolute atomic E-state index is 0.313. The van der Waals surface area contributed by atoms with E-state index in [0.29, 0.717) is 9.86 Å². The average molecular weight is 282 g/mol. The summed E-state index contributed by atoms with van der Waals surface area (Å²) >= 11 is 7.18. The van der Waals surface area contributed by atoms with Gasteiger partial charge in [0.2, 0.25) is 0 Å². The molecule has 100 valence electrons. The predicted molar refractivity (Wildman–Crippen MR) is 87.6 cm³/mol. The van der Waals surface area contributed by atoms with Crippen molar-refractivity contribution < 1.29 is 0 Å². The molecular weight excluding hydrogens is 260 g/mol. The van der Waals surface area contributed by atoms with Gasteiger partial charge in [0.25, 0.3) is 0 Å². The molecule has 2 nitrogen and oxygen atoms in total. The molecule has 0 aliphatic rings. The molecule has 0 radical (unpaired) electrons. The summed E-state index contributed by atoms with van der Waals surface area (Å²) in [5, 5.41) is 7.08. The Bertz CT molecular complexity index is 380. The maximum Gasteiger partial charge on any atom is 0.170 e. The Balaban J connectivity index is 2.24. The first-order chi connectivity index (χ1) is 8.37. The summed E-state index contributed by atoms with van der Waals surface area (Å²) in [7, 11) is 0. The number of nitrogens with one attached hydrogen (secondary N) is 2. The van der Waals surface area contributed by atoms with Crippen LogP contribution < -0.4 is 10.6 Å². The van der Waals surface area contributed by atoms with Crippen molar-refractivity contribution in [2.75, 3.05) is 17.6 Å². The first-order valence-corrected chi connectivity index (χ1v) is 7.52. The molecule has 0 aliphatic carbocycles. The molecule has 1 aromatic rings. The van der Waals surface area contributed by atoms with Crippen LogP contribution in [0.1, 0.15) is 26.3 Å². The van der Waals surface area contributed by atoms with Crippen molar-refractivity contribution in [3.8, 4) is 0 Å². The molecule has 0 atom stereocenters. The van der Waals surface area contributed by atoms with E-state index >= 15 is 0 Å². The maximum atomic E-state index is 5.24. The molecule has 1 aromatic carbocycles. The summed E-state index contributed by atoms with van der Waals surface area (Å²) in [6, 6.07) is 8.21. The van der Waals surface area contributed by atoms with Gasteiger partial charge in [0.05, 0.1) is 0 Å². The highest BCUT2D eigenvalue weighted by Gasteiger charge is 2.09. The zero-order valence-electron chi connectivity index (χ0n) is 11.5. The molecule has 0 amide bonds. The van der Waals surface area contributed by atoms with Crippen molar-refractivity contribution in [2.24, 2.45) is 0 Å². The third-order valence-corrected chi connectivity index (χ3v) is 3.75. The smallest absolute Gasteiger partial charge is 0.170 e. The molecule has 0 bridgehead atoms. The van der Waals surface area contributed by atoms with Crippen LogP contribution in [-0.4, -0.2) is 22.2 Å². The van der Waals surface area contributed by atoms with E-state index < -0.39 is 0 Å². The van der Waals surface area contributed by atoms with E-state index in [-0.39, 0.29) is 0 Å². The molecule has 0 aromatic heterocycles. The summed E-state index contributed by atoms with van der Waals surface area (Å²) in [5.74, 6) is 1.05. The fraction of sp³-hybridized carbons (Fsp3) is 0.500. The van der Waals surface area contributed by atoms with Crippen molar-refractivity contribution in [2.45, 2.75) is 32.4 Å². The van der Waals surface area contributed by atoms with Gasteiger partial charge in [-0.15, -0.1) is 0 Å². The highest BCUT2D eigenvalue weighted by Crippen LogP contribution is 2.21. The van der Waals surface area contributed by atoms with E-state index in [1.807, 2.05) is 23.9 Å². The lowest BCUT2D eigenvalue weighted by Crippen LogP contribution is -2.30. The van der Waals surface area contributed by atoms with Gasteiger partial charge in [-0.3, -0.25) is 0 Å². The lowest BCUT2D eigenvalue weighted by atomic mass is 10.2. The van der Waals surface area contributed by atoms with Crippen molar-refractivity contribution >= 4 is 34.8 Å². The Morgan fingerprint density at radius 2 is 1.83 bits per heavy atom. The summed E-state index contributed by atoms with van der Waals surface area (Å²) < 4.78 is 0.313. The molecule has 0 fully saturated rings. The normalized spacial score (nSPS) is 11.1. The number of anilines is 1. The molecule has 1 rings (SSSR count). The molecule has 0 unspecified atom stereocenters. The Hall–Kier alpha value is -0.740. The van der Waals surface area contributed by atoms with Crippen LogP contribution in [0.15, 0.2) is 24.3 Å². The molecule has 0 saturated carbocycles. The van der Waals surface area contributed by atoms with Gasteiger partial charge in [-0.05, 0) is 31.3 Å². The van der Waals surface area contributed by atoms with Crippen molar-refractivity contribution in [1.29, 1.82) is 0 Å². The molecule has 0 aliphatic heterocycles. The molecule has 0 spiro atoms. The van der Waals surface area contributed by atoms with E-state index in [0.717, 1.165) is 18.0 Å². The Kier molecular flexibility index (Phi) is 5.96. The minimum atomic E-state index is 0.313. The van der Waals surface area contributed by atoms with Gasteiger partial charge in [-0.25, -0.2) is 0 Å². The second-order valence-corrected chi connectivity index (χ2v) is 7.54. The van der Waals surface area contributed by atoms with Gasteiger partial charge >= 0.3 is 0 Å². The van der Waals surface area contributed by atoms with Gasteiger partial charge < -0.3 is 10.6 Å². The Morgan fingerprint density at radius 3 is 2.39 bits per heavy atom. The van der Waals surface area contributed by atoms with E-state index in [1.165, 1.54) is 5.56 Å². The molecule has 18 heavy (non-hydrogen) atoms. The number of rotatable bonds is 4. The summed E-state index contributed by atoms with van der Waals surface area (Å²) in [4.78, 5) is 0. The highest BCUT2D eigenvalue weighted by atomic mass is 32.2. The Morgan fingerprint density at radius 1 is 1.22 bits per heavy atom. The van der Waals surface area contributed by atoms with Crippen LogP contribution >= 0.6 is 24.0 Å². The van der Waals surface area contributed by atoms with Crippen LogP contribution in [0.2, 0.25) is 0 Å². The summed E-state index contributed by atoms with van der Waals surface area (Å²) in [6.07, 6.45) is 0. The number of thioether (sulfide) groups is 1. The minimum Gasteiger partial charge on any atom is -0.362 e. The molecule has 0 saturated heterocycles. The van der Waals surface area contributed by atoms with E-state index in [1.54, 1.807) is 0 Å². The first kappa shape index (κ1) is 15.3. The van der Waals surface area contributed by atoms with E-state index in [2.05, 4.69) is 50.5 Å². The summed E-state index contributed by atoms with van der Waals surface area (Å²) in [6.45, 7) is 9.63.